The average molecular weight is 240 g/mol. The average Bonchev–Trinajstić information content (AvgIpc) is 2.74. The van der Waals surface area contributed by atoms with E-state index < -0.39 is 5.03 Å². The Morgan fingerprint density at radius 2 is 2.59 bits per heavy atom. The van der Waals surface area contributed by atoms with Gasteiger partial charge in [0, 0.05) is 0 Å². The molecule has 17 heavy (non-hydrogen) atoms. The molecule has 0 bridgehead atoms. The molecule has 1 aliphatic rings. The number of furan rings is 1. The fraction of sp³-hybridized carbons (Fsp3) is 0.444. The molecule has 0 aromatic carbocycles. The Bertz CT molecular complexity index is 416. The van der Waals surface area contributed by atoms with Gasteiger partial charge in [0.2, 0.25) is 0 Å². The Morgan fingerprint density at radius 1 is 1.76 bits per heavy atom. The van der Waals surface area contributed by atoms with Gasteiger partial charge in [-0.3, -0.25) is 4.90 Å². The summed E-state index contributed by atoms with van der Waals surface area (Å²) >= 11 is 0. The summed E-state index contributed by atoms with van der Waals surface area (Å²) in [5.41, 5.74) is 2.11. The number of rotatable bonds is 3. The predicted octanol–water partition coefficient (Wildman–Crippen LogP) is -1.34. The van der Waals surface area contributed by atoms with Crippen LogP contribution in [0.4, 0.5) is 0 Å². The lowest BCUT2D eigenvalue weighted by atomic mass is 10.4. The molecule has 0 aliphatic carbocycles. The number of nitro groups is 1. The highest BCUT2D eigenvalue weighted by Crippen LogP contribution is 2.05. The van der Waals surface area contributed by atoms with Crippen molar-refractivity contribution in [3.05, 3.63) is 34.3 Å². The van der Waals surface area contributed by atoms with E-state index in [1.165, 1.54) is 0 Å². The summed E-state index contributed by atoms with van der Waals surface area (Å²) < 4.78 is 5.22. The summed E-state index contributed by atoms with van der Waals surface area (Å²) in [6, 6.07) is 3.61. The van der Waals surface area contributed by atoms with Gasteiger partial charge in [-0.15, -0.1) is 0 Å². The zero-order valence-corrected chi connectivity index (χ0v) is 9.42. The molecule has 0 radical (unpaired) electrons. The zero-order valence-electron chi connectivity index (χ0n) is 9.42. The summed E-state index contributed by atoms with van der Waals surface area (Å²) in [7, 11) is 1.97. The molecule has 8 nitrogen and oxygen atoms in total. The first-order valence-electron chi connectivity index (χ1n) is 5.19. The molecule has 2 N–H and O–H groups in total. The van der Waals surface area contributed by atoms with Crippen molar-refractivity contribution in [2.45, 2.75) is 6.54 Å². The normalized spacial score (nSPS) is 19.9. The standard InChI is InChI=1S/C9H13N5O3/c1-12-6-10-9(11-14(15)16)13(7-12)5-8-3-2-4-17-8/h2-4H,5-7H2,1H3,(H,10,11)/p+1. The van der Waals surface area contributed by atoms with Gasteiger partial charge in [0.15, 0.2) is 18.4 Å². The van der Waals surface area contributed by atoms with Crippen LogP contribution in [0.5, 0.6) is 0 Å². The minimum Gasteiger partial charge on any atom is -0.467 e. The molecule has 1 aliphatic heterocycles. The predicted molar refractivity (Wildman–Crippen MR) is 58.4 cm³/mol. The van der Waals surface area contributed by atoms with E-state index in [1.807, 2.05) is 13.1 Å². The Balaban J connectivity index is 2.08. The molecule has 8 heteroatoms. The smallest absolute Gasteiger partial charge is 0.266 e. The van der Waals surface area contributed by atoms with Gasteiger partial charge < -0.3 is 9.32 Å². The second-order valence-electron chi connectivity index (χ2n) is 3.90. The number of hydrogen-bond acceptors (Lipinski definition) is 5. The van der Waals surface area contributed by atoms with Gasteiger partial charge in [-0.2, -0.15) is 4.99 Å². The van der Waals surface area contributed by atoms with Crippen LogP contribution in [0.25, 0.3) is 0 Å². The molecule has 1 aromatic heterocycles. The first-order valence-corrected chi connectivity index (χ1v) is 5.19. The van der Waals surface area contributed by atoms with Crippen molar-refractivity contribution in [2.75, 3.05) is 20.4 Å². The Labute approximate surface area is 97.6 Å². The van der Waals surface area contributed by atoms with E-state index in [-0.39, 0.29) is 5.96 Å². The molecule has 0 saturated heterocycles. The molecule has 1 unspecified atom stereocenters. The van der Waals surface area contributed by atoms with Crippen LogP contribution in [-0.2, 0) is 6.54 Å². The van der Waals surface area contributed by atoms with Crippen molar-refractivity contribution in [1.29, 1.82) is 0 Å². The molecule has 0 amide bonds. The van der Waals surface area contributed by atoms with E-state index in [9.17, 15) is 10.1 Å². The van der Waals surface area contributed by atoms with Gasteiger partial charge in [-0.1, -0.05) is 5.43 Å². The Kier molecular flexibility index (Phi) is 3.24. The molecule has 0 saturated carbocycles. The zero-order chi connectivity index (χ0) is 12.3. The Morgan fingerprint density at radius 3 is 3.24 bits per heavy atom. The lowest BCUT2D eigenvalue weighted by Gasteiger charge is -2.28. The van der Waals surface area contributed by atoms with Crippen LogP contribution < -0.4 is 10.3 Å². The number of hydrogen-bond donors (Lipinski definition) is 2. The van der Waals surface area contributed by atoms with Crippen molar-refractivity contribution < 1.29 is 14.3 Å². The van der Waals surface area contributed by atoms with E-state index in [4.69, 9.17) is 4.42 Å². The molecule has 92 valence electrons. The first-order chi connectivity index (χ1) is 8.15. The van der Waals surface area contributed by atoms with Crippen LogP contribution in [0.1, 0.15) is 5.76 Å². The highest BCUT2D eigenvalue weighted by atomic mass is 16.7. The van der Waals surface area contributed by atoms with E-state index in [0.29, 0.717) is 19.9 Å². The number of aliphatic imine (C=N–C) groups is 1. The lowest BCUT2D eigenvalue weighted by molar-refractivity contribution is -0.891. The molecule has 1 aromatic rings. The third kappa shape index (κ3) is 2.94. The molecule has 0 spiro atoms. The van der Waals surface area contributed by atoms with Crippen LogP contribution in [0.15, 0.2) is 27.8 Å². The minimum atomic E-state index is -0.603. The second kappa shape index (κ2) is 4.83. The molecular weight excluding hydrogens is 226 g/mol. The topological polar surface area (TPSA) is 88.3 Å². The SMILES string of the molecule is C[NH+]1CN=C(N[N+](=O)[O-])N(Cc2ccco2)C1. The lowest BCUT2D eigenvalue weighted by Crippen LogP contribution is -3.11. The van der Waals surface area contributed by atoms with Gasteiger partial charge in [0.25, 0.3) is 5.96 Å². The number of nitrogens with zero attached hydrogens (tertiary/aromatic N) is 3. The van der Waals surface area contributed by atoms with Crippen LogP contribution in [0.2, 0.25) is 0 Å². The van der Waals surface area contributed by atoms with Crippen molar-refractivity contribution in [3.63, 3.8) is 0 Å². The summed E-state index contributed by atoms with van der Waals surface area (Å²) in [6.07, 6.45) is 1.58. The fourth-order valence-corrected chi connectivity index (χ4v) is 1.67. The summed E-state index contributed by atoms with van der Waals surface area (Å²) in [6.45, 7) is 1.62. The molecule has 0 fully saturated rings. The highest BCUT2D eigenvalue weighted by molar-refractivity contribution is 5.78. The minimum absolute atomic E-state index is 0.275. The maximum absolute atomic E-state index is 10.5. The van der Waals surface area contributed by atoms with Gasteiger partial charge in [0.1, 0.15) is 5.76 Å². The van der Waals surface area contributed by atoms with Crippen LogP contribution in [0, 0.1) is 10.1 Å². The third-order valence-electron chi connectivity index (χ3n) is 2.38. The van der Waals surface area contributed by atoms with Gasteiger partial charge >= 0.3 is 0 Å². The second-order valence-corrected chi connectivity index (χ2v) is 3.90. The largest absolute Gasteiger partial charge is 0.467 e. The summed E-state index contributed by atoms with van der Waals surface area (Å²) in [4.78, 5) is 17.5. The molecule has 1 atom stereocenters. The number of quaternary nitrogens is 1. The van der Waals surface area contributed by atoms with Gasteiger partial charge in [0.05, 0.1) is 19.9 Å². The van der Waals surface area contributed by atoms with E-state index in [1.54, 1.807) is 17.2 Å². The summed E-state index contributed by atoms with van der Waals surface area (Å²) in [5, 5.41) is 9.85. The number of nitrogens with one attached hydrogen (secondary N) is 2. The van der Waals surface area contributed by atoms with Crippen molar-refractivity contribution in [1.82, 2.24) is 10.3 Å². The van der Waals surface area contributed by atoms with E-state index >= 15 is 0 Å². The van der Waals surface area contributed by atoms with Crippen molar-refractivity contribution in [2.24, 2.45) is 4.99 Å². The quantitative estimate of drug-likeness (QED) is 0.504. The van der Waals surface area contributed by atoms with Crippen LogP contribution >= 0.6 is 0 Å². The molecular formula is C9H14N5O3+. The Hall–Kier alpha value is -2.09. The maximum Gasteiger partial charge on any atom is 0.266 e. The van der Waals surface area contributed by atoms with Crippen molar-refractivity contribution in [3.8, 4) is 0 Å². The summed E-state index contributed by atoms with van der Waals surface area (Å²) in [5.74, 6) is 1.02. The molecule has 2 heterocycles. The fourth-order valence-electron chi connectivity index (χ4n) is 1.67. The van der Waals surface area contributed by atoms with Gasteiger partial charge in [-0.05, 0) is 12.1 Å². The van der Waals surface area contributed by atoms with Crippen LogP contribution in [-0.4, -0.2) is 36.3 Å². The van der Waals surface area contributed by atoms with E-state index in [2.05, 4.69) is 10.4 Å². The monoisotopic (exact) mass is 240 g/mol. The molecule has 2 rings (SSSR count). The van der Waals surface area contributed by atoms with E-state index in [0.717, 1.165) is 10.7 Å². The highest BCUT2D eigenvalue weighted by Gasteiger charge is 2.24. The number of hydrazine groups is 1. The van der Waals surface area contributed by atoms with Gasteiger partial charge in [-0.25, -0.2) is 10.1 Å². The van der Waals surface area contributed by atoms with Crippen LogP contribution in [0.3, 0.4) is 0 Å². The van der Waals surface area contributed by atoms with Crippen molar-refractivity contribution >= 4 is 5.96 Å². The maximum atomic E-state index is 10.5. The number of guanidine groups is 1. The first kappa shape index (κ1) is 11.4. The third-order valence-corrected chi connectivity index (χ3v) is 2.38.